The van der Waals surface area contributed by atoms with E-state index in [2.05, 4.69) is 20.5 Å². The Kier molecular flexibility index (Phi) is 3.79. The second-order valence-electron chi connectivity index (χ2n) is 4.27. The van der Waals surface area contributed by atoms with Crippen LogP contribution in [-0.4, -0.2) is 28.2 Å². The Labute approximate surface area is 111 Å². The molecule has 6 heteroatoms. The fraction of sp³-hybridized carbons (Fsp3) is 0.308. The van der Waals surface area contributed by atoms with Gasteiger partial charge in [-0.2, -0.15) is 5.10 Å². The van der Waals surface area contributed by atoms with Gasteiger partial charge in [0, 0.05) is 5.56 Å². The summed E-state index contributed by atoms with van der Waals surface area (Å²) in [6.07, 6.45) is 1.30. The number of ether oxygens (including phenoxy) is 1. The molecule has 2 rings (SSSR count). The van der Waals surface area contributed by atoms with Crippen molar-refractivity contribution in [1.82, 2.24) is 20.5 Å². The van der Waals surface area contributed by atoms with Gasteiger partial charge in [0.25, 0.3) is 5.91 Å². The highest BCUT2D eigenvalue weighted by molar-refractivity contribution is 5.90. The van der Waals surface area contributed by atoms with Crippen LogP contribution in [0, 0.1) is 6.92 Å². The fourth-order valence-electron chi connectivity index (χ4n) is 1.85. The van der Waals surface area contributed by atoms with E-state index in [4.69, 9.17) is 4.74 Å². The van der Waals surface area contributed by atoms with Crippen molar-refractivity contribution in [3.05, 3.63) is 41.5 Å². The maximum atomic E-state index is 11.9. The van der Waals surface area contributed by atoms with E-state index < -0.39 is 0 Å². The zero-order chi connectivity index (χ0) is 13.8. The molecule has 1 heterocycles. The number of hydrogen-bond donors (Lipinski definition) is 2. The van der Waals surface area contributed by atoms with Crippen LogP contribution in [0.5, 0.6) is 5.75 Å². The summed E-state index contributed by atoms with van der Waals surface area (Å²) in [6.45, 7) is 3.89. The summed E-state index contributed by atoms with van der Waals surface area (Å²) in [7, 11) is 1.61. The predicted molar refractivity (Wildman–Crippen MR) is 70.0 cm³/mol. The lowest BCUT2D eigenvalue weighted by atomic mass is 10.0. The molecule has 0 saturated carbocycles. The molecule has 0 aliphatic carbocycles. The average molecular weight is 260 g/mol. The van der Waals surface area contributed by atoms with Gasteiger partial charge >= 0.3 is 0 Å². The molecule has 1 amide bonds. The number of amides is 1. The SMILES string of the molecule is COc1ccc(C)cc1C(C)NC(=O)c1ncn[nH]1. The molecule has 1 aromatic carbocycles. The standard InChI is InChI=1S/C13H16N4O2/c1-8-4-5-11(19-3)10(6-8)9(2)16-13(18)12-14-7-15-17-12/h4-7,9H,1-3H3,(H,16,18)(H,14,15,17). The van der Waals surface area contributed by atoms with E-state index in [-0.39, 0.29) is 17.8 Å². The molecule has 0 saturated heterocycles. The number of aromatic nitrogens is 3. The molecule has 0 bridgehead atoms. The van der Waals surface area contributed by atoms with Gasteiger partial charge in [0.15, 0.2) is 0 Å². The van der Waals surface area contributed by atoms with Gasteiger partial charge in [-0.1, -0.05) is 17.7 Å². The Balaban J connectivity index is 2.18. The van der Waals surface area contributed by atoms with Gasteiger partial charge < -0.3 is 10.1 Å². The number of nitrogens with zero attached hydrogens (tertiary/aromatic N) is 2. The second kappa shape index (κ2) is 5.51. The maximum absolute atomic E-state index is 11.9. The maximum Gasteiger partial charge on any atom is 0.289 e. The van der Waals surface area contributed by atoms with Crippen molar-refractivity contribution < 1.29 is 9.53 Å². The average Bonchev–Trinajstić information content (AvgIpc) is 2.92. The minimum Gasteiger partial charge on any atom is -0.496 e. The van der Waals surface area contributed by atoms with Crippen LogP contribution in [0.3, 0.4) is 0 Å². The molecule has 1 atom stereocenters. The number of aromatic amines is 1. The van der Waals surface area contributed by atoms with Gasteiger partial charge in [0.2, 0.25) is 5.82 Å². The first-order valence-corrected chi connectivity index (χ1v) is 5.92. The van der Waals surface area contributed by atoms with E-state index >= 15 is 0 Å². The van der Waals surface area contributed by atoms with Gasteiger partial charge in [-0.05, 0) is 19.9 Å². The minimum atomic E-state index is -0.298. The number of aryl methyl sites for hydroxylation is 1. The highest BCUT2D eigenvalue weighted by Crippen LogP contribution is 2.26. The van der Waals surface area contributed by atoms with E-state index in [0.717, 1.165) is 16.9 Å². The molecule has 1 aromatic heterocycles. The number of H-pyrrole nitrogens is 1. The third-order valence-electron chi connectivity index (χ3n) is 2.83. The number of hydrogen-bond acceptors (Lipinski definition) is 4. The summed E-state index contributed by atoms with van der Waals surface area (Å²) in [5.74, 6) is 0.642. The molecule has 0 fully saturated rings. The molecule has 2 aromatic rings. The van der Waals surface area contributed by atoms with Crippen molar-refractivity contribution in [3.8, 4) is 5.75 Å². The summed E-state index contributed by atoms with van der Waals surface area (Å²) in [6, 6.07) is 5.66. The highest BCUT2D eigenvalue weighted by atomic mass is 16.5. The fourth-order valence-corrected chi connectivity index (χ4v) is 1.85. The minimum absolute atomic E-state index is 0.188. The molecule has 19 heavy (non-hydrogen) atoms. The van der Waals surface area contributed by atoms with Crippen LogP contribution in [0.2, 0.25) is 0 Å². The summed E-state index contributed by atoms with van der Waals surface area (Å²) < 4.78 is 5.31. The van der Waals surface area contributed by atoms with Crippen molar-refractivity contribution in [2.75, 3.05) is 7.11 Å². The first kappa shape index (κ1) is 13.1. The molecule has 0 aliphatic rings. The van der Waals surface area contributed by atoms with E-state index in [1.807, 2.05) is 32.0 Å². The largest absolute Gasteiger partial charge is 0.496 e. The first-order valence-electron chi connectivity index (χ1n) is 5.92. The van der Waals surface area contributed by atoms with Gasteiger partial charge in [-0.25, -0.2) is 4.98 Å². The Hall–Kier alpha value is -2.37. The number of carbonyl (C=O) groups is 1. The van der Waals surface area contributed by atoms with Crippen LogP contribution < -0.4 is 10.1 Å². The molecule has 100 valence electrons. The molecule has 2 N–H and O–H groups in total. The Morgan fingerprint density at radius 2 is 2.26 bits per heavy atom. The van der Waals surface area contributed by atoms with Gasteiger partial charge in [-0.3, -0.25) is 9.89 Å². The summed E-state index contributed by atoms with van der Waals surface area (Å²) in [5, 5.41) is 9.03. The zero-order valence-corrected chi connectivity index (χ0v) is 11.1. The Bertz CT molecular complexity index is 566. The van der Waals surface area contributed by atoms with Crippen molar-refractivity contribution in [1.29, 1.82) is 0 Å². The molecule has 0 spiro atoms. The third kappa shape index (κ3) is 2.90. The lowest BCUT2D eigenvalue weighted by Gasteiger charge is -2.17. The highest BCUT2D eigenvalue weighted by Gasteiger charge is 2.16. The van der Waals surface area contributed by atoms with Crippen molar-refractivity contribution in [3.63, 3.8) is 0 Å². The molecular weight excluding hydrogens is 244 g/mol. The Morgan fingerprint density at radius 3 is 2.89 bits per heavy atom. The zero-order valence-electron chi connectivity index (χ0n) is 11.1. The number of rotatable bonds is 4. The van der Waals surface area contributed by atoms with E-state index in [9.17, 15) is 4.79 Å². The van der Waals surface area contributed by atoms with Crippen LogP contribution in [0.4, 0.5) is 0 Å². The third-order valence-corrected chi connectivity index (χ3v) is 2.83. The summed E-state index contributed by atoms with van der Waals surface area (Å²) in [5.41, 5.74) is 2.03. The van der Waals surface area contributed by atoms with Crippen molar-refractivity contribution in [2.45, 2.75) is 19.9 Å². The van der Waals surface area contributed by atoms with Crippen LogP contribution in [0.1, 0.15) is 34.7 Å². The number of carbonyl (C=O) groups excluding carboxylic acids is 1. The van der Waals surface area contributed by atoms with Gasteiger partial charge in [-0.15, -0.1) is 0 Å². The van der Waals surface area contributed by atoms with Crippen LogP contribution in [-0.2, 0) is 0 Å². The molecule has 0 radical (unpaired) electrons. The number of benzene rings is 1. The number of methoxy groups -OCH3 is 1. The van der Waals surface area contributed by atoms with Crippen molar-refractivity contribution >= 4 is 5.91 Å². The van der Waals surface area contributed by atoms with E-state index in [0.29, 0.717) is 0 Å². The van der Waals surface area contributed by atoms with Gasteiger partial charge in [0.05, 0.1) is 13.2 Å². The topological polar surface area (TPSA) is 79.9 Å². The van der Waals surface area contributed by atoms with Crippen LogP contribution in [0.15, 0.2) is 24.5 Å². The molecule has 6 nitrogen and oxygen atoms in total. The quantitative estimate of drug-likeness (QED) is 0.875. The monoisotopic (exact) mass is 260 g/mol. The molecular formula is C13H16N4O2. The van der Waals surface area contributed by atoms with Crippen LogP contribution >= 0.6 is 0 Å². The molecule has 1 unspecified atom stereocenters. The van der Waals surface area contributed by atoms with E-state index in [1.165, 1.54) is 6.33 Å². The first-order chi connectivity index (χ1) is 9.11. The van der Waals surface area contributed by atoms with Gasteiger partial charge in [0.1, 0.15) is 12.1 Å². The van der Waals surface area contributed by atoms with E-state index in [1.54, 1.807) is 7.11 Å². The Morgan fingerprint density at radius 1 is 1.47 bits per heavy atom. The summed E-state index contributed by atoms with van der Waals surface area (Å²) in [4.78, 5) is 15.7. The van der Waals surface area contributed by atoms with Crippen molar-refractivity contribution in [2.24, 2.45) is 0 Å². The smallest absolute Gasteiger partial charge is 0.289 e. The number of nitrogens with one attached hydrogen (secondary N) is 2. The lowest BCUT2D eigenvalue weighted by Crippen LogP contribution is -2.28. The summed E-state index contributed by atoms with van der Waals surface area (Å²) >= 11 is 0. The second-order valence-corrected chi connectivity index (χ2v) is 4.27. The molecule has 0 aliphatic heterocycles. The normalized spacial score (nSPS) is 11.9. The van der Waals surface area contributed by atoms with Crippen LogP contribution in [0.25, 0.3) is 0 Å². The predicted octanol–water partition coefficient (Wildman–Crippen LogP) is 1.61. The lowest BCUT2D eigenvalue weighted by molar-refractivity contribution is 0.0929.